The standard InChI is InChI=1S/C10H8F5NO4/c1-19-9-7(8(11)12)4(2-6(17)18)5(3-16-9)20-10(13,14)15/h3,8H,2H2,1H3,(H,17,18). The molecule has 0 fully saturated rings. The van der Waals surface area contributed by atoms with E-state index >= 15 is 0 Å². The molecular weight excluding hydrogens is 293 g/mol. The number of alkyl halides is 5. The average molecular weight is 301 g/mol. The van der Waals surface area contributed by atoms with Crippen LogP contribution in [0.25, 0.3) is 0 Å². The summed E-state index contributed by atoms with van der Waals surface area (Å²) in [5.74, 6) is -3.37. The maximum atomic E-state index is 12.9. The highest BCUT2D eigenvalue weighted by Gasteiger charge is 2.35. The number of halogens is 5. The van der Waals surface area contributed by atoms with E-state index in [1.807, 2.05) is 0 Å². The van der Waals surface area contributed by atoms with Gasteiger partial charge < -0.3 is 14.6 Å². The Morgan fingerprint density at radius 2 is 2.05 bits per heavy atom. The summed E-state index contributed by atoms with van der Waals surface area (Å²) in [7, 11) is 0.975. The summed E-state index contributed by atoms with van der Waals surface area (Å²) in [6.07, 6.45) is -9.05. The van der Waals surface area contributed by atoms with Gasteiger partial charge in [0.15, 0.2) is 5.75 Å². The number of carbonyl (C=O) groups is 1. The van der Waals surface area contributed by atoms with Gasteiger partial charge in [-0.25, -0.2) is 13.8 Å². The smallest absolute Gasteiger partial charge is 0.481 e. The van der Waals surface area contributed by atoms with Crippen molar-refractivity contribution in [3.8, 4) is 11.6 Å². The van der Waals surface area contributed by atoms with Crippen molar-refractivity contribution < 1.29 is 41.3 Å². The van der Waals surface area contributed by atoms with Gasteiger partial charge in [0.2, 0.25) is 5.88 Å². The average Bonchev–Trinajstić information content (AvgIpc) is 2.28. The zero-order valence-corrected chi connectivity index (χ0v) is 9.87. The van der Waals surface area contributed by atoms with Crippen LogP contribution < -0.4 is 9.47 Å². The lowest BCUT2D eigenvalue weighted by atomic mass is 10.1. The Labute approximate surface area is 108 Å². The zero-order chi connectivity index (χ0) is 15.5. The third kappa shape index (κ3) is 3.93. The van der Waals surface area contributed by atoms with Gasteiger partial charge in [0.05, 0.1) is 25.3 Å². The quantitative estimate of drug-likeness (QED) is 0.846. The van der Waals surface area contributed by atoms with Crippen LogP contribution in [-0.4, -0.2) is 29.5 Å². The summed E-state index contributed by atoms with van der Waals surface area (Å²) in [5, 5.41) is 8.62. The number of pyridine rings is 1. The Morgan fingerprint density at radius 3 is 2.45 bits per heavy atom. The molecule has 1 heterocycles. The topological polar surface area (TPSA) is 68.7 Å². The fourth-order valence-electron chi connectivity index (χ4n) is 1.46. The first kappa shape index (κ1) is 15.9. The van der Waals surface area contributed by atoms with E-state index in [1.165, 1.54) is 0 Å². The highest BCUT2D eigenvalue weighted by molar-refractivity contribution is 5.72. The van der Waals surface area contributed by atoms with Crippen LogP contribution in [0.4, 0.5) is 22.0 Å². The van der Waals surface area contributed by atoms with Crippen LogP contribution >= 0.6 is 0 Å². The van der Waals surface area contributed by atoms with E-state index < -0.39 is 47.9 Å². The molecule has 0 saturated carbocycles. The Morgan fingerprint density at radius 1 is 1.45 bits per heavy atom. The van der Waals surface area contributed by atoms with Crippen molar-refractivity contribution in [3.63, 3.8) is 0 Å². The van der Waals surface area contributed by atoms with Crippen LogP contribution in [0.1, 0.15) is 17.6 Å². The summed E-state index contributed by atoms with van der Waals surface area (Å²) in [4.78, 5) is 13.9. The molecule has 0 aliphatic carbocycles. The first-order valence-corrected chi connectivity index (χ1v) is 4.97. The molecule has 0 spiro atoms. The molecule has 0 saturated heterocycles. The van der Waals surface area contributed by atoms with E-state index in [9.17, 15) is 26.7 Å². The second kappa shape index (κ2) is 5.88. The molecule has 5 nitrogen and oxygen atoms in total. The molecule has 1 aromatic heterocycles. The predicted octanol–water partition coefficient (Wildman–Crippen LogP) is 2.55. The van der Waals surface area contributed by atoms with Crippen LogP contribution in [0.5, 0.6) is 11.6 Å². The zero-order valence-electron chi connectivity index (χ0n) is 9.87. The molecule has 0 amide bonds. The van der Waals surface area contributed by atoms with Gasteiger partial charge in [-0.05, 0) is 0 Å². The second-order valence-corrected chi connectivity index (χ2v) is 3.44. The van der Waals surface area contributed by atoms with Crippen LogP contribution in [-0.2, 0) is 11.2 Å². The SMILES string of the molecule is COc1ncc(OC(F)(F)F)c(CC(=O)O)c1C(F)F. The summed E-state index contributed by atoms with van der Waals surface area (Å²) in [6, 6.07) is 0. The van der Waals surface area contributed by atoms with Crippen LogP contribution in [0.15, 0.2) is 6.20 Å². The molecule has 1 rings (SSSR count). The van der Waals surface area contributed by atoms with Gasteiger partial charge in [0.1, 0.15) is 0 Å². The molecule has 0 aliphatic heterocycles. The molecule has 1 N–H and O–H groups in total. The highest BCUT2D eigenvalue weighted by Crippen LogP contribution is 2.37. The number of hydrogen-bond donors (Lipinski definition) is 1. The number of methoxy groups -OCH3 is 1. The number of rotatable bonds is 5. The molecule has 0 aromatic carbocycles. The van der Waals surface area contributed by atoms with Gasteiger partial charge >= 0.3 is 12.3 Å². The van der Waals surface area contributed by atoms with Crippen molar-refractivity contribution in [2.24, 2.45) is 0 Å². The lowest BCUT2D eigenvalue weighted by molar-refractivity contribution is -0.275. The first-order valence-electron chi connectivity index (χ1n) is 4.97. The molecule has 0 unspecified atom stereocenters. The molecule has 112 valence electrons. The minimum Gasteiger partial charge on any atom is -0.481 e. The molecule has 10 heteroatoms. The summed E-state index contributed by atoms with van der Waals surface area (Å²) < 4.78 is 70.3. The predicted molar refractivity (Wildman–Crippen MR) is 53.8 cm³/mol. The van der Waals surface area contributed by atoms with Crippen molar-refractivity contribution >= 4 is 5.97 Å². The van der Waals surface area contributed by atoms with Crippen molar-refractivity contribution in [1.29, 1.82) is 0 Å². The third-order valence-electron chi connectivity index (χ3n) is 2.12. The van der Waals surface area contributed by atoms with Crippen LogP contribution in [0.3, 0.4) is 0 Å². The third-order valence-corrected chi connectivity index (χ3v) is 2.12. The van der Waals surface area contributed by atoms with Crippen molar-refractivity contribution in [2.75, 3.05) is 7.11 Å². The largest absolute Gasteiger partial charge is 0.573 e. The van der Waals surface area contributed by atoms with Crippen molar-refractivity contribution in [3.05, 3.63) is 17.3 Å². The molecular formula is C10H8F5NO4. The fraction of sp³-hybridized carbons (Fsp3) is 0.400. The van der Waals surface area contributed by atoms with Gasteiger partial charge in [0, 0.05) is 5.56 Å². The van der Waals surface area contributed by atoms with E-state index in [0.717, 1.165) is 7.11 Å². The fourth-order valence-corrected chi connectivity index (χ4v) is 1.46. The minimum atomic E-state index is -5.16. The highest BCUT2D eigenvalue weighted by atomic mass is 19.4. The van der Waals surface area contributed by atoms with E-state index in [1.54, 1.807) is 0 Å². The van der Waals surface area contributed by atoms with E-state index in [0.29, 0.717) is 6.20 Å². The Hall–Kier alpha value is -2.13. The molecule has 0 radical (unpaired) electrons. The molecule has 1 aromatic rings. The normalized spacial score (nSPS) is 11.6. The van der Waals surface area contributed by atoms with Crippen LogP contribution in [0.2, 0.25) is 0 Å². The van der Waals surface area contributed by atoms with Gasteiger partial charge in [-0.1, -0.05) is 0 Å². The van der Waals surface area contributed by atoms with Gasteiger partial charge in [-0.3, -0.25) is 4.79 Å². The number of aromatic nitrogens is 1. The number of nitrogens with zero attached hydrogens (tertiary/aromatic N) is 1. The molecule has 0 atom stereocenters. The van der Waals surface area contributed by atoms with Crippen molar-refractivity contribution in [2.45, 2.75) is 19.2 Å². The Bertz CT molecular complexity index is 503. The van der Waals surface area contributed by atoms with Gasteiger partial charge in [0.25, 0.3) is 6.43 Å². The molecule has 0 aliphatic rings. The summed E-state index contributed by atoms with van der Waals surface area (Å²) >= 11 is 0. The Kier molecular flexibility index (Phi) is 4.69. The van der Waals surface area contributed by atoms with E-state index in [4.69, 9.17) is 5.11 Å². The van der Waals surface area contributed by atoms with Crippen molar-refractivity contribution in [1.82, 2.24) is 4.98 Å². The molecule has 20 heavy (non-hydrogen) atoms. The number of carboxylic acid groups (broad SMARTS) is 1. The van der Waals surface area contributed by atoms with Gasteiger partial charge in [-0.15, -0.1) is 13.2 Å². The van der Waals surface area contributed by atoms with E-state index in [2.05, 4.69) is 14.5 Å². The summed E-state index contributed by atoms with van der Waals surface area (Å²) in [5.41, 5.74) is -1.88. The minimum absolute atomic E-state index is 0.483. The molecule has 0 bridgehead atoms. The lowest BCUT2D eigenvalue weighted by Crippen LogP contribution is -2.20. The van der Waals surface area contributed by atoms with Crippen LogP contribution in [0, 0.1) is 0 Å². The monoisotopic (exact) mass is 301 g/mol. The maximum Gasteiger partial charge on any atom is 0.573 e. The first-order chi connectivity index (χ1) is 9.15. The number of carboxylic acids is 1. The van der Waals surface area contributed by atoms with Gasteiger partial charge in [-0.2, -0.15) is 0 Å². The number of hydrogen-bond acceptors (Lipinski definition) is 4. The second-order valence-electron chi connectivity index (χ2n) is 3.44. The Balaban J connectivity index is 3.44. The summed E-state index contributed by atoms with van der Waals surface area (Å²) in [6.45, 7) is 0. The number of ether oxygens (including phenoxy) is 2. The van der Waals surface area contributed by atoms with E-state index in [-0.39, 0.29) is 0 Å². The number of aliphatic carboxylic acids is 1. The lowest BCUT2D eigenvalue weighted by Gasteiger charge is -2.17. The maximum absolute atomic E-state index is 12.9.